The minimum absolute atomic E-state index is 0.0124. The maximum absolute atomic E-state index is 12.1. The minimum Gasteiger partial charge on any atom is -0.302 e. The number of nitrogens with zero attached hydrogens (tertiary/aromatic N) is 1. The summed E-state index contributed by atoms with van der Waals surface area (Å²) in [4.78, 5) is 2.04. The van der Waals surface area contributed by atoms with E-state index in [1.54, 1.807) is 0 Å². The number of hydrogen-bond donors (Lipinski definition) is 2. The average Bonchev–Trinajstić information content (AvgIpc) is 2.45. The Morgan fingerprint density at radius 2 is 1.55 bits per heavy atom. The van der Waals surface area contributed by atoms with Crippen molar-refractivity contribution in [2.75, 3.05) is 26.2 Å². The molecule has 0 aliphatic heterocycles. The SMILES string of the molecule is CCCN(CC)CCNS(=O)(=O)c1ccc(S(N)(=O)=O)cc1. The van der Waals surface area contributed by atoms with Crippen LogP contribution in [0.15, 0.2) is 34.1 Å². The maximum Gasteiger partial charge on any atom is 0.240 e. The number of sulfonamides is 2. The zero-order valence-electron chi connectivity index (χ0n) is 12.8. The molecule has 0 aliphatic carbocycles. The van der Waals surface area contributed by atoms with Crippen LogP contribution in [0.2, 0.25) is 0 Å². The molecule has 0 saturated heterocycles. The molecule has 0 atom stereocenters. The Hall–Kier alpha value is -1.00. The molecular weight excluding hydrogens is 326 g/mol. The molecule has 0 radical (unpaired) electrons. The third kappa shape index (κ3) is 5.65. The molecular formula is C13H23N3O4S2. The standard InChI is InChI=1S/C13H23N3O4S2/c1-3-10-16(4-2)11-9-15-22(19,20)13-7-5-12(6-8-13)21(14,17)18/h5-8,15H,3-4,9-11H2,1-2H3,(H2,14,17,18). The van der Waals surface area contributed by atoms with Crippen molar-refractivity contribution in [3.8, 4) is 0 Å². The second kappa shape index (κ2) is 8.02. The van der Waals surface area contributed by atoms with E-state index in [2.05, 4.69) is 16.5 Å². The molecule has 0 aromatic heterocycles. The minimum atomic E-state index is -3.82. The monoisotopic (exact) mass is 349 g/mol. The predicted molar refractivity (Wildman–Crippen MR) is 85.4 cm³/mol. The van der Waals surface area contributed by atoms with Crippen molar-refractivity contribution in [3.63, 3.8) is 0 Å². The van der Waals surface area contributed by atoms with Crippen LogP contribution in [0.5, 0.6) is 0 Å². The van der Waals surface area contributed by atoms with Crippen molar-refractivity contribution in [1.29, 1.82) is 0 Å². The molecule has 9 heteroatoms. The summed E-state index contributed by atoms with van der Waals surface area (Å²) in [7, 11) is -7.48. The van der Waals surface area contributed by atoms with Gasteiger partial charge in [0.25, 0.3) is 0 Å². The van der Waals surface area contributed by atoms with E-state index in [9.17, 15) is 16.8 Å². The number of nitrogens with two attached hydrogens (primary N) is 1. The smallest absolute Gasteiger partial charge is 0.240 e. The van der Waals surface area contributed by atoms with Crippen LogP contribution >= 0.6 is 0 Å². The van der Waals surface area contributed by atoms with Gasteiger partial charge in [-0.1, -0.05) is 13.8 Å². The van der Waals surface area contributed by atoms with Crippen LogP contribution in [0.1, 0.15) is 20.3 Å². The van der Waals surface area contributed by atoms with Gasteiger partial charge in [-0.15, -0.1) is 0 Å². The van der Waals surface area contributed by atoms with Gasteiger partial charge in [0.2, 0.25) is 20.0 Å². The number of nitrogens with one attached hydrogen (secondary N) is 1. The van der Waals surface area contributed by atoms with Crippen molar-refractivity contribution in [1.82, 2.24) is 9.62 Å². The summed E-state index contributed by atoms with van der Waals surface area (Å²) in [6.07, 6.45) is 1.01. The normalized spacial score (nSPS) is 12.7. The van der Waals surface area contributed by atoms with E-state index >= 15 is 0 Å². The first-order valence-electron chi connectivity index (χ1n) is 7.05. The van der Waals surface area contributed by atoms with Crippen molar-refractivity contribution < 1.29 is 16.8 Å². The van der Waals surface area contributed by atoms with E-state index in [0.29, 0.717) is 13.1 Å². The van der Waals surface area contributed by atoms with E-state index in [-0.39, 0.29) is 9.79 Å². The molecule has 0 amide bonds. The average molecular weight is 349 g/mol. The first kappa shape index (κ1) is 19.0. The van der Waals surface area contributed by atoms with Gasteiger partial charge in [0, 0.05) is 13.1 Å². The zero-order valence-corrected chi connectivity index (χ0v) is 14.5. The van der Waals surface area contributed by atoms with E-state index < -0.39 is 20.0 Å². The second-order valence-electron chi connectivity index (χ2n) is 4.85. The van der Waals surface area contributed by atoms with E-state index in [0.717, 1.165) is 19.5 Å². The molecule has 1 aromatic carbocycles. The lowest BCUT2D eigenvalue weighted by Gasteiger charge is -2.19. The Bertz CT molecular complexity index is 670. The highest BCUT2D eigenvalue weighted by Gasteiger charge is 2.15. The topological polar surface area (TPSA) is 110 Å². The highest BCUT2D eigenvalue weighted by atomic mass is 32.2. The van der Waals surface area contributed by atoms with Crippen molar-refractivity contribution in [2.24, 2.45) is 5.14 Å². The molecule has 126 valence electrons. The first-order chi connectivity index (χ1) is 10.2. The lowest BCUT2D eigenvalue weighted by molar-refractivity contribution is 0.293. The summed E-state index contributed by atoms with van der Waals surface area (Å²) in [6.45, 7) is 6.79. The van der Waals surface area contributed by atoms with Gasteiger partial charge < -0.3 is 4.90 Å². The maximum atomic E-state index is 12.1. The van der Waals surface area contributed by atoms with Gasteiger partial charge in [-0.25, -0.2) is 26.7 Å². The fourth-order valence-corrected chi connectivity index (χ4v) is 3.51. The summed E-state index contributed by atoms with van der Waals surface area (Å²) in [5, 5.41) is 4.97. The highest BCUT2D eigenvalue weighted by molar-refractivity contribution is 7.89. The molecule has 0 unspecified atom stereocenters. The van der Waals surface area contributed by atoms with E-state index in [4.69, 9.17) is 5.14 Å². The molecule has 7 nitrogen and oxygen atoms in total. The van der Waals surface area contributed by atoms with Gasteiger partial charge in [-0.2, -0.15) is 0 Å². The Balaban J connectivity index is 2.70. The Morgan fingerprint density at radius 3 is 2.00 bits per heavy atom. The van der Waals surface area contributed by atoms with Crippen LogP contribution < -0.4 is 9.86 Å². The Labute approximate surface area is 132 Å². The van der Waals surface area contributed by atoms with Crippen LogP contribution in [0, 0.1) is 0 Å². The van der Waals surface area contributed by atoms with Gasteiger partial charge >= 0.3 is 0 Å². The fraction of sp³-hybridized carbons (Fsp3) is 0.538. The van der Waals surface area contributed by atoms with Crippen LogP contribution in [-0.2, 0) is 20.0 Å². The highest BCUT2D eigenvalue weighted by Crippen LogP contribution is 2.13. The summed E-state index contributed by atoms with van der Waals surface area (Å²) < 4.78 is 49.0. The number of benzene rings is 1. The Morgan fingerprint density at radius 1 is 1.00 bits per heavy atom. The van der Waals surface area contributed by atoms with Crippen molar-refractivity contribution in [2.45, 2.75) is 30.1 Å². The quantitative estimate of drug-likeness (QED) is 0.668. The first-order valence-corrected chi connectivity index (χ1v) is 10.1. The fourth-order valence-electron chi connectivity index (χ4n) is 1.97. The van der Waals surface area contributed by atoms with Crippen LogP contribution in [-0.4, -0.2) is 47.9 Å². The Kier molecular flexibility index (Phi) is 6.95. The molecule has 1 aromatic rings. The van der Waals surface area contributed by atoms with Crippen LogP contribution in [0.25, 0.3) is 0 Å². The van der Waals surface area contributed by atoms with Crippen LogP contribution in [0.3, 0.4) is 0 Å². The molecule has 0 spiro atoms. The summed E-state index contributed by atoms with van der Waals surface area (Å²) >= 11 is 0. The van der Waals surface area contributed by atoms with Gasteiger partial charge in [-0.05, 0) is 43.8 Å². The van der Waals surface area contributed by atoms with Crippen molar-refractivity contribution in [3.05, 3.63) is 24.3 Å². The van der Waals surface area contributed by atoms with E-state index in [1.807, 2.05) is 6.92 Å². The lowest BCUT2D eigenvalue weighted by atomic mass is 10.4. The summed E-state index contributed by atoms with van der Waals surface area (Å²) in [6, 6.07) is 4.82. The molecule has 22 heavy (non-hydrogen) atoms. The van der Waals surface area contributed by atoms with Gasteiger partial charge in [0.05, 0.1) is 9.79 Å². The molecule has 0 fully saturated rings. The summed E-state index contributed by atoms with van der Waals surface area (Å²) in [5.74, 6) is 0. The third-order valence-corrected chi connectivity index (χ3v) is 5.58. The number of hydrogen-bond acceptors (Lipinski definition) is 5. The van der Waals surface area contributed by atoms with Crippen LogP contribution in [0.4, 0.5) is 0 Å². The zero-order chi connectivity index (χ0) is 16.8. The predicted octanol–water partition coefficient (Wildman–Crippen LogP) is 0.344. The third-order valence-electron chi connectivity index (χ3n) is 3.17. The number of likely N-dealkylation sites (N-methyl/N-ethyl adjacent to an activating group) is 1. The lowest BCUT2D eigenvalue weighted by Crippen LogP contribution is -2.35. The molecule has 0 bridgehead atoms. The molecule has 0 aliphatic rings. The van der Waals surface area contributed by atoms with Crippen molar-refractivity contribution >= 4 is 20.0 Å². The molecule has 3 N–H and O–H groups in total. The second-order valence-corrected chi connectivity index (χ2v) is 8.18. The number of rotatable bonds is 9. The molecule has 0 heterocycles. The summed E-state index contributed by atoms with van der Waals surface area (Å²) in [5.41, 5.74) is 0. The van der Waals surface area contributed by atoms with E-state index in [1.165, 1.54) is 24.3 Å². The largest absolute Gasteiger partial charge is 0.302 e. The molecule has 1 rings (SSSR count). The van der Waals surface area contributed by atoms with Gasteiger partial charge in [0.15, 0.2) is 0 Å². The van der Waals surface area contributed by atoms with Gasteiger partial charge in [-0.3, -0.25) is 0 Å². The molecule has 0 saturated carbocycles. The number of primary sulfonamides is 1. The van der Waals surface area contributed by atoms with Gasteiger partial charge in [0.1, 0.15) is 0 Å².